The number of aryl methyl sites for hydroxylation is 1. The van der Waals surface area contributed by atoms with E-state index in [2.05, 4.69) is 32.9 Å². The van der Waals surface area contributed by atoms with Gasteiger partial charge in [-0.15, -0.1) is 0 Å². The zero-order valence-electron chi connectivity index (χ0n) is 14.3. The van der Waals surface area contributed by atoms with E-state index >= 15 is 0 Å². The molecule has 1 saturated carbocycles. The number of furan rings is 1. The summed E-state index contributed by atoms with van der Waals surface area (Å²) in [4.78, 5) is 0. The van der Waals surface area contributed by atoms with Gasteiger partial charge in [-0.1, -0.05) is 25.5 Å². The van der Waals surface area contributed by atoms with Gasteiger partial charge in [0.25, 0.3) is 0 Å². The molecule has 1 aromatic rings. The minimum Gasteiger partial charge on any atom is -0.472 e. The highest BCUT2D eigenvalue weighted by atomic mass is 16.3. The van der Waals surface area contributed by atoms with Gasteiger partial charge in [0.05, 0.1) is 19.1 Å². The average molecular weight is 302 g/mol. The number of aliphatic hydroxyl groups excluding tert-OH is 1. The molecule has 0 spiro atoms. The Kier molecular flexibility index (Phi) is 4.24. The van der Waals surface area contributed by atoms with Gasteiger partial charge in [-0.3, -0.25) is 0 Å². The van der Waals surface area contributed by atoms with Crippen LogP contribution in [0.5, 0.6) is 0 Å². The van der Waals surface area contributed by atoms with Crippen LogP contribution in [0.1, 0.15) is 58.4 Å². The molecular formula is C20H30O2. The first-order valence-electron chi connectivity index (χ1n) is 8.82. The van der Waals surface area contributed by atoms with Gasteiger partial charge < -0.3 is 9.52 Å². The Bertz CT molecular complexity index is 530. The quantitative estimate of drug-likeness (QED) is 0.795. The highest BCUT2D eigenvalue weighted by molar-refractivity contribution is 5.22. The molecule has 0 amide bonds. The third-order valence-electron chi connectivity index (χ3n) is 7.12. The van der Waals surface area contributed by atoms with E-state index in [0.717, 1.165) is 18.8 Å². The van der Waals surface area contributed by atoms with Crippen LogP contribution in [0.25, 0.3) is 0 Å². The lowest BCUT2D eigenvalue weighted by Gasteiger charge is -2.58. The normalized spacial score (nSPS) is 38.5. The predicted octanol–water partition coefficient (Wildman–Crippen LogP) is 4.98. The molecule has 0 aliphatic heterocycles. The maximum atomic E-state index is 10.3. The summed E-state index contributed by atoms with van der Waals surface area (Å²) in [7, 11) is 0. The summed E-state index contributed by atoms with van der Waals surface area (Å²) < 4.78 is 5.23. The van der Waals surface area contributed by atoms with Crippen LogP contribution in [-0.4, -0.2) is 11.7 Å². The summed E-state index contributed by atoms with van der Waals surface area (Å²) >= 11 is 0. The molecule has 1 heterocycles. The molecular weight excluding hydrogens is 272 g/mol. The van der Waals surface area contributed by atoms with Gasteiger partial charge in [0.2, 0.25) is 0 Å². The standard InChI is InChI=1S/C20H30O2/c1-15-7-11-20(14-21)16(2)5-4-6-18(20)19(15,3)10-8-17-9-12-22-13-17/h5,9,12-13,15,18,21H,4,6-8,10-11,14H2,1-3H3. The molecule has 2 aliphatic rings. The van der Waals surface area contributed by atoms with E-state index in [0.29, 0.717) is 17.9 Å². The van der Waals surface area contributed by atoms with Crippen LogP contribution < -0.4 is 0 Å². The van der Waals surface area contributed by atoms with Gasteiger partial charge in [0.15, 0.2) is 0 Å². The molecule has 4 unspecified atom stereocenters. The van der Waals surface area contributed by atoms with Crippen molar-refractivity contribution in [2.75, 3.05) is 6.61 Å². The van der Waals surface area contributed by atoms with E-state index in [1.165, 1.54) is 36.8 Å². The second-order valence-corrected chi connectivity index (χ2v) is 7.91. The Balaban J connectivity index is 1.88. The van der Waals surface area contributed by atoms with Crippen molar-refractivity contribution in [3.8, 4) is 0 Å². The molecule has 2 heteroatoms. The Morgan fingerprint density at radius 3 is 2.86 bits per heavy atom. The van der Waals surface area contributed by atoms with E-state index < -0.39 is 0 Å². The maximum absolute atomic E-state index is 10.3. The monoisotopic (exact) mass is 302 g/mol. The summed E-state index contributed by atoms with van der Waals surface area (Å²) in [5.74, 6) is 1.32. The Labute approximate surface area is 134 Å². The molecule has 3 rings (SSSR count). The fraction of sp³-hybridized carbons (Fsp3) is 0.700. The lowest BCUT2D eigenvalue weighted by molar-refractivity contribution is -0.0787. The van der Waals surface area contributed by atoms with E-state index in [1.807, 2.05) is 6.26 Å². The predicted molar refractivity (Wildman–Crippen MR) is 89.5 cm³/mol. The summed E-state index contributed by atoms with van der Waals surface area (Å²) in [5.41, 5.74) is 3.08. The molecule has 0 bridgehead atoms. The molecule has 22 heavy (non-hydrogen) atoms. The van der Waals surface area contributed by atoms with Crippen molar-refractivity contribution in [3.63, 3.8) is 0 Å². The van der Waals surface area contributed by atoms with E-state index in [-0.39, 0.29) is 5.41 Å². The largest absolute Gasteiger partial charge is 0.472 e. The van der Waals surface area contributed by atoms with Crippen molar-refractivity contribution in [3.05, 3.63) is 35.8 Å². The number of hydrogen-bond donors (Lipinski definition) is 1. The third kappa shape index (κ3) is 2.36. The van der Waals surface area contributed by atoms with Gasteiger partial charge in [0.1, 0.15) is 0 Å². The van der Waals surface area contributed by atoms with Crippen LogP contribution in [-0.2, 0) is 6.42 Å². The highest BCUT2D eigenvalue weighted by Gasteiger charge is 2.54. The van der Waals surface area contributed by atoms with Crippen molar-refractivity contribution in [2.24, 2.45) is 22.7 Å². The van der Waals surface area contributed by atoms with Crippen molar-refractivity contribution < 1.29 is 9.52 Å². The van der Waals surface area contributed by atoms with Crippen molar-refractivity contribution in [1.29, 1.82) is 0 Å². The van der Waals surface area contributed by atoms with E-state index in [9.17, 15) is 5.11 Å². The second-order valence-electron chi connectivity index (χ2n) is 7.91. The van der Waals surface area contributed by atoms with E-state index in [4.69, 9.17) is 4.42 Å². The highest BCUT2D eigenvalue weighted by Crippen LogP contribution is 2.61. The van der Waals surface area contributed by atoms with Crippen molar-refractivity contribution in [1.82, 2.24) is 0 Å². The van der Waals surface area contributed by atoms with Crippen molar-refractivity contribution in [2.45, 2.75) is 59.3 Å². The summed E-state index contributed by atoms with van der Waals surface area (Å²) in [6.45, 7) is 7.46. The molecule has 4 atom stereocenters. The number of fused-ring (bicyclic) bond motifs is 1. The van der Waals surface area contributed by atoms with Crippen LogP contribution in [0.4, 0.5) is 0 Å². The van der Waals surface area contributed by atoms with Crippen LogP contribution >= 0.6 is 0 Å². The molecule has 1 N–H and O–H groups in total. The van der Waals surface area contributed by atoms with Gasteiger partial charge in [-0.25, -0.2) is 0 Å². The first-order valence-corrected chi connectivity index (χ1v) is 8.82. The van der Waals surface area contributed by atoms with Gasteiger partial charge in [-0.2, -0.15) is 0 Å². The topological polar surface area (TPSA) is 33.4 Å². The van der Waals surface area contributed by atoms with Crippen LogP contribution in [0.3, 0.4) is 0 Å². The van der Waals surface area contributed by atoms with Gasteiger partial charge >= 0.3 is 0 Å². The molecule has 0 radical (unpaired) electrons. The first kappa shape index (κ1) is 15.9. The smallest absolute Gasteiger partial charge is 0.0934 e. The lowest BCUT2D eigenvalue weighted by atomic mass is 9.46. The Morgan fingerprint density at radius 2 is 2.18 bits per heavy atom. The molecule has 1 aromatic heterocycles. The first-order chi connectivity index (χ1) is 10.5. The lowest BCUT2D eigenvalue weighted by Crippen LogP contribution is -2.52. The Morgan fingerprint density at radius 1 is 1.36 bits per heavy atom. The number of rotatable bonds is 4. The number of hydrogen-bond acceptors (Lipinski definition) is 2. The molecule has 1 fully saturated rings. The fourth-order valence-electron chi connectivity index (χ4n) is 5.28. The van der Waals surface area contributed by atoms with Crippen molar-refractivity contribution >= 4 is 0 Å². The summed E-state index contributed by atoms with van der Waals surface area (Å²) in [5, 5.41) is 10.3. The molecule has 2 nitrogen and oxygen atoms in total. The average Bonchev–Trinajstić information content (AvgIpc) is 3.04. The Hall–Kier alpha value is -1.02. The zero-order valence-corrected chi connectivity index (χ0v) is 14.3. The molecule has 122 valence electrons. The number of allylic oxidation sites excluding steroid dienone is 1. The van der Waals surface area contributed by atoms with Gasteiger partial charge in [0, 0.05) is 5.41 Å². The second kappa shape index (κ2) is 5.88. The summed E-state index contributed by atoms with van der Waals surface area (Å²) in [6, 6.07) is 2.09. The van der Waals surface area contributed by atoms with E-state index in [1.54, 1.807) is 6.26 Å². The minimum absolute atomic E-state index is 0.0376. The molecule has 2 aliphatic carbocycles. The van der Waals surface area contributed by atoms with Gasteiger partial charge in [-0.05, 0) is 74.3 Å². The molecule has 0 aromatic carbocycles. The maximum Gasteiger partial charge on any atom is 0.0934 e. The van der Waals surface area contributed by atoms with Crippen LogP contribution in [0.2, 0.25) is 0 Å². The SMILES string of the molecule is CC1=CCCC2C1(CO)CCC(C)C2(C)CCc1ccoc1. The zero-order chi connectivity index (χ0) is 15.8. The number of aliphatic hydroxyl groups is 1. The van der Waals surface area contributed by atoms with Crippen LogP contribution in [0, 0.1) is 22.7 Å². The fourth-order valence-corrected chi connectivity index (χ4v) is 5.28. The summed E-state index contributed by atoms with van der Waals surface area (Å²) in [6.07, 6.45) is 13.1. The van der Waals surface area contributed by atoms with Crippen LogP contribution in [0.15, 0.2) is 34.7 Å². The molecule has 0 saturated heterocycles. The third-order valence-corrected chi connectivity index (χ3v) is 7.12. The minimum atomic E-state index is 0.0376.